The molecule has 0 saturated heterocycles. The lowest BCUT2D eigenvalue weighted by Crippen LogP contribution is -2.18. The molecule has 3 rings (SSSR count). The summed E-state index contributed by atoms with van der Waals surface area (Å²) in [7, 11) is 0. The van der Waals surface area contributed by atoms with Gasteiger partial charge in [0.25, 0.3) is 11.8 Å². The van der Waals surface area contributed by atoms with E-state index in [0.717, 1.165) is 16.7 Å². The zero-order valence-corrected chi connectivity index (χ0v) is 15.5. The summed E-state index contributed by atoms with van der Waals surface area (Å²) in [6.07, 6.45) is 0. The molecule has 2 aromatic carbocycles. The number of hydrogen-bond donors (Lipinski definition) is 2. The van der Waals surface area contributed by atoms with E-state index in [2.05, 4.69) is 15.6 Å². The van der Waals surface area contributed by atoms with Crippen molar-refractivity contribution in [2.75, 3.05) is 10.6 Å². The molecule has 0 fully saturated rings. The minimum absolute atomic E-state index is 0.185. The number of carbonyl (C=O) groups is 2. The van der Waals surface area contributed by atoms with Gasteiger partial charge in [0.15, 0.2) is 0 Å². The molecule has 2 amide bonds. The SMILES string of the molecule is Cc1cccc(NC(=O)c2cccc(C(=O)Nc3cc(C)cc(C)c3)n2)c1. The minimum Gasteiger partial charge on any atom is -0.321 e. The van der Waals surface area contributed by atoms with Gasteiger partial charge in [0, 0.05) is 11.4 Å². The maximum absolute atomic E-state index is 12.5. The molecule has 3 aromatic rings. The van der Waals surface area contributed by atoms with Crippen molar-refractivity contribution in [3.05, 3.63) is 88.7 Å². The van der Waals surface area contributed by atoms with E-state index in [1.54, 1.807) is 18.2 Å². The monoisotopic (exact) mass is 359 g/mol. The van der Waals surface area contributed by atoms with E-state index in [0.29, 0.717) is 11.4 Å². The van der Waals surface area contributed by atoms with Crippen LogP contribution in [0, 0.1) is 20.8 Å². The van der Waals surface area contributed by atoms with Gasteiger partial charge in [0.1, 0.15) is 11.4 Å². The van der Waals surface area contributed by atoms with Crippen molar-refractivity contribution in [1.82, 2.24) is 4.98 Å². The van der Waals surface area contributed by atoms with E-state index in [-0.39, 0.29) is 23.2 Å². The highest BCUT2D eigenvalue weighted by Gasteiger charge is 2.13. The highest BCUT2D eigenvalue weighted by Crippen LogP contribution is 2.15. The summed E-state index contributed by atoms with van der Waals surface area (Å²) < 4.78 is 0. The number of anilines is 2. The molecule has 0 aliphatic heterocycles. The van der Waals surface area contributed by atoms with E-state index in [4.69, 9.17) is 0 Å². The van der Waals surface area contributed by atoms with Gasteiger partial charge < -0.3 is 10.6 Å². The number of aromatic nitrogens is 1. The van der Waals surface area contributed by atoms with E-state index in [1.165, 1.54) is 0 Å². The zero-order valence-electron chi connectivity index (χ0n) is 15.5. The Balaban J connectivity index is 1.76. The third-order valence-electron chi connectivity index (χ3n) is 3.97. The van der Waals surface area contributed by atoms with Crippen molar-refractivity contribution in [1.29, 1.82) is 0 Å². The molecule has 1 aromatic heterocycles. The van der Waals surface area contributed by atoms with E-state index in [1.807, 2.05) is 63.2 Å². The second-order valence-electron chi connectivity index (χ2n) is 6.56. The molecule has 27 heavy (non-hydrogen) atoms. The fraction of sp³-hybridized carbons (Fsp3) is 0.136. The Morgan fingerprint density at radius 1 is 0.667 bits per heavy atom. The summed E-state index contributed by atoms with van der Waals surface area (Å²) in [6, 6.07) is 18.1. The Morgan fingerprint density at radius 2 is 1.19 bits per heavy atom. The van der Waals surface area contributed by atoms with Gasteiger partial charge in [-0.15, -0.1) is 0 Å². The van der Waals surface area contributed by atoms with Crippen LogP contribution < -0.4 is 10.6 Å². The van der Waals surface area contributed by atoms with Crippen LogP contribution in [0.3, 0.4) is 0 Å². The van der Waals surface area contributed by atoms with Crippen LogP contribution >= 0.6 is 0 Å². The average molecular weight is 359 g/mol. The van der Waals surface area contributed by atoms with Gasteiger partial charge in [0.2, 0.25) is 0 Å². The molecule has 0 bridgehead atoms. The Morgan fingerprint density at radius 3 is 1.78 bits per heavy atom. The van der Waals surface area contributed by atoms with Crippen molar-refractivity contribution in [3.8, 4) is 0 Å². The van der Waals surface area contributed by atoms with Gasteiger partial charge in [-0.25, -0.2) is 4.98 Å². The second-order valence-corrected chi connectivity index (χ2v) is 6.56. The largest absolute Gasteiger partial charge is 0.321 e. The van der Waals surface area contributed by atoms with Crippen molar-refractivity contribution in [3.63, 3.8) is 0 Å². The predicted molar refractivity (Wildman–Crippen MR) is 107 cm³/mol. The van der Waals surface area contributed by atoms with Gasteiger partial charge in [-0.3, -0.25) is 9.59 Å². The second kappa shape index (κ2) is 7.83. The van der Waals surface area contributed by atoms with Crippen molar-refractivity contribution < 1.29 is 9.59 Å². The van der Waals surface area contributed by atoms with Gasteiger partial charge in [0.05, 0.1) is 0 Å². The first-order valence-corrected chi connectivity index (χ1v) is 8.65. The van der Waals surface area contributed by atoms with Crippen LogP contribution in [0.1, 0.15) is 37.7 Å². The third kappa shape index (κ3) is 4.79. The zero-order chi connectivity index (χ0) is 19.4. The number of amides is 2. The molecule has 0 unspecified atom stereocenters. The molecular weight excluding hydrogens is 338 g/mol. The smallest absolute Gasteiger partial charge is 0.274 e. The molecule has 1 heterocycles. The van der Waals surface area contributed by atoms with Crippen LogP contribution in [0.5, 0.6) is 0 Å². The quantitative estimate of drug-likeness (QED) is 0.720. The molecule has 0 spiro atoms. The summed E-state index contributed by atoms with van der Waals surface area (Å²) in [6.45, 7) is 5.89. The lowest BCUT2D eigenvalue weighted by Gasteiger charge is -2.09. The van der Waals surface area contributed by atoms with Crippen LogP contribution in [-0.4, -0.2) is 16.8 Å². The van der Waals surface area contributed by atoms with Crippen molar-refractivity contribution in [2.24, 2.45) is 0 Å². The molecule has 2 N–H and O–H groups in total. The maximum atomic E-state index is 12.5. The standard InChI is InChI=1S/C22H21N3O2/c1-14-6-4-7-17(11-14)23-21(26)19-8-5-9-20(25-19)22(27)24-18-12-15(2)10-16(3)13-18/h4-13H,1-3H3,(H,23,26)(H,24,27). The Bertz CT molecular complexity index is 992. The highest BCUT2D eigenvalue weighted by atomic mass is 16.2. The third-order valence-corrected chi connectivity index (χ3v) is 3.97. The number of nitrogens with one attached hydrogen (secondary N) is 2. The predicted octanol–water partition coefficient (Wildman–Crippen LogP) is 4.51. The maximum Gasteiger partial charge on any atom is 0.274 e. The van der Waals surface area contributed by atoms with E-state index >= 15 is 0 Å². The normalized spacial score (nSPS) is 10.3. The van der Waals surface area contributed by atoms with Crippen LogP contribution in [0.15, 0.2) is 60.7 Å². The van der Waals surface area contributed by atoms with Crippen molar-refractivity contribution >= 4 is 23.2 Å². The first-order valence-electron chi connectivity index (χ1n) is 8.65. The molecule has 5 heteroatoms. The minimum atomic E-state index is -0.360. The van der Waals surface area contributed by atoms with Gasteiger partial charge in [-0.2, -0.15) is 0 Å². The summed E-state index contributed by atoms with van der Waals surface area (Å²) >= 11 is 0. The molecule has 0 aliphatic carbocycles. The molecule has 0 radical (unpaired) electrons. The summed E-state index contributed by atoms with van der Waals surface area (Å²) in [4.78, 5) is 29.2. The van der Waals surface area contributed by atoms with Gasteiger partial charge in [-0.05, 0) is 73.9 Å². The summed E-state index contributed by atoms with van der Waals surface area (Å²) in [5.74, 6) is -0.716. The number of nitrogens with zero attached hydrogens (tertiary/aromatic N) is 1. The summed E-state index contributed by atoms with van der Waals surface area (Å²) in [5, 5.41) is 5.63. The number of benzene rings is 2. The molecule has 136 valence electrons. The van der Waals surface area contributed by atoms with Crippen LogP contribution in [0.25, 0.3) is 0 Å². The van der Waals surface area contributed by atoms with Gasteiger partial charge in [-0.1, -0.05) is 24.3 Å². The fourth-order valence-electron chi connectivity index (χ4n) is 2.85. The molecule has 5 nitrogen and oxygen atoms in total. The number of hydrogen-bond acceptors (Lipinski definition) is 3. The molecule has 0 aliphatic rings. The average Bonchev–Trinajstić information content (AvgIpc) is 2.61. The molecule has 0 atom stereocenters. The molecular formula is C22H21N3O2. The number of rotatable bonds is 4. The van der Waals surface area contributed by atoms with E-state index < -0.39 is 0 Å². The number of aryl methyl sites for hydroxylation is 3. The number of pyridine rings is 1. The molecule has 0 saturated carbocycles. The van der Waals surface area contributed by atoms with E-state index in [9.17, 15) is 9.59 Å². The van der Waals surface area contributed by atoms with Gasteiger partial charge >= 0.3 is 0 Å². The number of carbonyl (C=O) groups excluding carboxylic acids is 2. The first-order chi connectivity index (χ1) is 12.9. The Kier molecular flexibility index (Phi) is 5.31. The Hall–Kier alpha value is -3.47. The van der Waals surface area contributed by atoms with Crippen molar-refractivity contribution in [2.45, 2.75) is 20.8 Å². The summed E-state index contributed by atoms with van der Waals surface area (Å²) in [5.41, 5.74) is 4.92. The lowest BCUT2D eigenvalue weighted by atomic mass is 10.1. The van der Waals surface area contributed by atoms with Crippen LogP contribution in [0.4, 0.5) is 11.4 Å². The highest BCUT2D eigenvalue weighted by molar-refractivity contribution is 6.06. The fourth-order valence-corrected chi connectivity index (χ4v) is 2.85. The first kappa shape index (κ1) is 18.3. The van der Waals surface area contributed by atoms with Crippen LogP contribution in [0.2, 0.25) is 0 Å². The Labute approximate surface area is 158 Å². The lowest BCUT2D eigenvalue weighted by molar-refractivity contribution is 0.101. The topological polar surface area (TPSA) is 71.1 Å². The van der Waals surface area contributed by atoms with Crippen LogP contribution in [-0.2, 0) is 0 Å².